The Morgan fingerprint density at radius 1 is 1.27 bits per heavy atom. The van der Waals surface area contributed by atoms with Gasteiger partial charge in [-0.05, 0) is 25.8 Å². The number of urea groups is 1. The van der Waals surface area contributed by atoms with E-state index in [9.17, 15) is 24.5 Å². The van der Waals surface area contributed by atoms with Crippen molar-refractivity contribution >= 4 is 29.3 Å². The highest BCUT2D eigenvalue weighted by atomic mass is 16.6. The molecule has 0 aliphatic carbocycles. The summed E-state index contributed by atoms with van der Waals surface area (Å²) in [6.07, 6.45) is 1.92. The molecular weight excluding hydrogens is 344 g/mol. The molecule has 0 saturated carbocycles. The van der Waals surface area contributed by atoms with Crippen molar-refractivity contribution in [1.82, 2.24) is 10.6 Å². The van der Waals surface area contributed by atoms with Crippen LogP contribution < -0.4 is 15.5 Å². The maximum absolute atomic E-state index is 12.4. The number of hydrogen-bond acceptors (Lipinski definition) is 7. The van der Waals surface area contributed by atoms with Crippen molar-refractivity contribution in [3.63, 3.8) is 0 Å². The molecule has 1 aliphatic heterocycles. The predicted molar refractivity (Wildman–Crippen MR) is 92.0 cm³/mol. The van der Waals surface area contributed by atoms with Crippen LogP contribution in [-0.2, 0) is 9.53 Å². The van der Waals surface area contributed by atoms with Gasteiger partial charge in [0.1, 0.15) is 0 Å². The van der Waals surface area contributed by atoms with E-state index in [1.807, 2.05) is 10.2 Å². The molecule has 1 aromatic carbocycles. The molecule has 1 saturated heterocycles. The lowest BCUT2D eigenvalue weighted by Gasteiger charge is -2.20. The van der Waals surface area contributed by atoms with Crippen LogP contribution in [0.25, 0.3) is 0 Å². The zero-order valence-corrected chi connectivity index (χ0v) is 14.3. The van der Waals surface area contributed by atoms with E-state index < -0.39 is 29.4 Å². The van der Waals surface area contributed by atoms with E-state index in [-0.39, 0.29) is 11.3 Å². The lowest BCUT2D eigenvalue weighted by molar-refractivity contribution is -0.384. The maximum atomic E-state index is 12.4. The van der Waals surface area contributed by atoms with Crippen molar-refractivity contribution in [1.29, 1.82) is 0 Å². The Kier molecular flexibility index (Phi) is 6.48. The number of non-ortho nitro benzene ring substituents is 1. The minimum absolute atomic E-state index is 0.0203. The van der Waals surface area contributed by atoms with Crippen LogP contribution >= 0.6 is 0 Å². The Bertz CT molecular complexity index is 715. The summed E-state index contributed by atoms with van der Waals surface area (Å²) < 4.78 is 4.92. The standard InChI is InChI=1S/C16H20N4O6/c1-2-17-16(23)18-14(21)10-26-15(22)12-9-11(20(24)25)5-6-13(12)19-7-3-4-8-19/h5-6,9H,2-4,7-8,10H2,1H3,(H2,17,18,21,23). The van der Waals surface area contributed by atoms with Gasteiger partial charge < -0.3 is 15.0 Å². The number of nitrogens with zero attached hydrogens (tertiary/aromatic N) is 2. The predicted octanol–water partition coefficient (Wildman–Crippen LogP) is 1.20. The zero-order chi connectivity index (χ0) is 19.1. The molecule has 2 N–H and O–H groups in total. The first-order chi connectivity index (χ1) is 12.4. The van der Waals surface area contributed by atoms with Crippen LogP contribution in [-0.4, -0.2) is 49.1 Å². The van der Waals surface area contributed by atoms with Gasteiger partial charge in [-0.15, -0.1) is 0 Å². The van der Waals surface area contributed by atoms with Crippen molar-refractivity contribution < 1.29 is 24.0 Å². The summed E-state index contributed by atoms with van der Waals surface area (Å²) >= 11 is 0. The fourth-order valence-electron chi connectivity index (χ4n) is 2.61. The third kappa shape index (κ3) is 4.91. The van der Waals surface area contributed by atoms with Crippen LogP contribution in [0, 0.1) is 10.1 Å². The summed E-state index contributed by atoms with van der Waals surface area (Å²) in [6, 6.07) is 3.28. The first kappa shape index (κ1) is 19.2. The number of carbonyl (C=O) groups is 3. The third-order valence-corrected chi connectivity index (χ3v) is 3.78. The topological polar surface area (TPSA) is 131 Å². The molecule has 10 nitrogen and oxygen atoms in total. The Labute approximate surface area is 149 Å². The largest absolute Gasteiger partial charge is 0.452 e. The molecule has 26 heavy (non-hydrogen) atoms. The highest BCUT2D eigenvalue weighted by Crippen LogP contribution is 2.28. The van der Waals surface area contributed by atoms with Crippen LogP contribution in [0.15, 0.2) is 18.2 Å². The van der Waals surface area contributed by atoms with Gasteiger partial charge in [0.05, 0.1) is 16.2 Å². The molecule has 10 heteroatoms. The number of esters is 1. The molecule has 3 amide bonds. The van der Waals surface area contributed by atoms with Gasteiger partial charge in [-0.3, -0.25) is 20.2 Å². The summed E-state index contributed by atoms with van der Waals surface area (Å²) in [6.45, 7) is 2.82. The summed E-state index contributed by atoms with van der Waals surface area (Å²) in [7, 11) is 0. The minimum atomic E-state index is -0.860. The van der Waals surface area contributed by atoms with Crippen LogP contribution in [0.1, 0.15) is 30.1 Å². The number of rotatable bonds is 6. The average molecular weight is 364 g/mol. The van der Waals surface area contributed by atoms with E-state index in [0.717, 1.165) is 32.0 Å². The van der Waals surface area contributed by atoms with Gasteiger partial charge in [-0.1, -0.05) is 0 Å². The third-order valence-electron chi connectivity index (χ3n) is 3.78. The number of imide groups is 1. The van der Waals surface area contributed by atoms with Gasteiger partial charge in [0.25, 0.3) is 11.6 Å². The van der Waals surface area contributed by atoms with Crippen LogP contribution in [0.5, 0.6) is 0 Å². The molecule has 1 aliphatic rings. The summed E-state index contributed by atoms with van der Waals surface area (Å²) in [5.74, 6) is -1.65. The molecule has 0 atom stereocenters. The molecule has 1 fully saturated rings. The molecule has 0 radical (unpaired) electrons. The van der Waals surface area contributed by atoms with Crippen molar-refractivity contribution in [3.8, 4) is 0 Å². The van der Waals surface area contributed by atoms with Gasteiger partial charge in [-0.2, -0.15) is 0 Å². The van der Waals surface area contributed by atoms with Crippen LogP contribution in [0.2, 0.25) is 0 Å². The first-order valence-corrected chi connectivity index (χ1v) is 8.20. The summed E-state index contributed by atoms with van der Waals surface area (Å²) in [5, 5.41) is 15.4. The Morgan fingerprint density at radius 2 is 1.96 bits per heavy atom. The van der Waals surface area contributed by atoms with E-state index in [1.165, 1.54) is 12.1 Å². The van der Waals surface area contributed by atoms with E-state index in [1.54, 1.807) is 6.92 Å². The Morgan fingerprint density at radius 3 is 2.58 bits per heavy atom. The Hall–Kier alpha value is -3.17. The second kappa shape index (κ2) is 8.79. The quantitative estimate of drug-likeness (QED) is 0.440. The average Bonchev–Trinajstić information content (AvgIpc) is 3.13. The smallest absolute Gasteiger partial charge is 0.341 e. The van der Waals surface area contributed by atoms with Gasteiger partial charge in [0.2, 0.25) is 0 Å². The number of hydrogen-bond donors (Lipinski definition) is 2. The van der Waals surface area contributed by atoms with E-state index in [0.29, 0.717) is 12.2 Å². The molecule has 140 valence electrons. The lowest BCUT2D eigenvalue weighted by atomic mass is 10.1. The number of ether oxygens (including phenoxy) is 1. The van der Waals surface area contributed by atoms with Crippen LogP contribution in [0.4, 0.5) is 16.2 Å². The second-order valence-electron chi connectivity index (χ2n) is 5.64. The zero-order valence-electron chi connectivity index (χ0n) is 14.3. The number of nitro benzene ring substituents is 1. The molecule has 0 spiro atoms. The maximum Gasteiger partial charge on any atom is 0.341 e. The lowest BCUT2D eigenvalue weighted by Crippen LogP contribution is -2.41. The van der Waals surface area contributed by atoms with Crippen molar-refractivity contribution in [2.75, 3.05) is 31.1 Å². The van der Waals surface area contributed by atoms with Crippen molar-refractivity contribution in [2.24, 2.45) is 0 Å². The normalized spacial score (nSPS) is 13.2. The molecule has 0 aromatic heterocycles. The summed E-state index contributed by atoms with van der Waals surface area (Å²) in [4.78, 5) is 47.5. The SMILES string of the molecule is CCNC(=O)NC(=O)COC(=O)c1cc([N+](=O)[O-])ccc1N1CCCC1. The number of nitrogens with one attached hydrogen (secondary N) is 2. The van der Waals surface area contributed by atoms with Gasteiger partial charge in [0, 0.05) is 31.8 Å². The van der Waals surface area contributed by atoms with Crippen molar-refractivity contribution in [2.45, 2.75) is 19.8 Å². The van der Waals surface area contributed by atoms with E-state index >= 15 is 0 Å². The van der Waals surface area contributed by atoms with Gasteiger partial charge in [0.15, 0.2) is 6.61 Å². The van der Waals surface area contributed by atoms with Gasteiger partial charge >= 0.3 is 12.0 Å². The number of benzene rings is 1. The monoisotopic (exact) mass is 364 g/mol. The number of nitro groups is 1. The molecule has 1 heterocycles. The highest BCUT2D eigenvalue weighted by molar-refractivity contribution is 5.99. The number of anilines is 1. The summed E-state index contributed by atoms with van der Waals surface area (Å²) in [5.41, 5.74) is 0.306. The van der Waals surface area contributed by atoms with Crippen LogP contribution in [0.3, 0.4) is 0 Å². The molecule has 0 bridgehead atoms. The number of amides is 3. The molecular formula is C16H20N4O6. The second-order valence-corrected chi connectivity index (χ2v) is 5.64. The van der Waals surface area contributed by atoms with E-state index in [2.05, 4.69) is 5.32 Å². The Balaban J connectivity index is 2.10. The first-order valence-electron chi connectivity index (χ1n) is 8.20. The highest BCUT2D eigenvalue weighted by Gasteiger charge is 2.24. The van der Waals surface area contributed by atoms with E-state index in [4.69, 9.17) is 4.74 Å². The minimum Gasteiger partial charge on any atom is -0.452 e. The van der Waals surface area contributed by atoms with Gasteiger partial charge in [-0.25, -0.2) is 9.59 Å². The van der Waals surface area contributed by atoms with Crippen molar-refractivity contribution in [3.05, 3.63) is 33.9 Å². The molecule has 2 rings (SSSR count). The fraction of sp³-hybridized carbons (Fsp3) is 0.438. The molecule has 1 aromatic rings. The fourth-order valence-corrected chi connectivity index (χ4v) is 2.61. The molecule has 0 unspecified atom stereocenters. The number of carbonyl (C=O) groups excluding carboxylic acids is 3.